The van der Waals surface area contributed by atoms with Crippen molar-refractivity contribution in [3.63, 3.8) is 0 Å². The number of hydrogen-bond acceptors (Lipinski definition) is 6. The number of nitrogens with zero attached hydrogens (tertiary/aromatic N) is 2. The van der Waals surface area contributed by atoms with Crippen molar-refractivity contribution in [2.24, 2.45) is 0 Å². The number of furan rings is 1. The molecule has 0 bridgehead atoms. The third-order valence-corrected chi connectivity index (χ3v) is 5.52. The molecule has 3 atom stereocenters. The zero-order valence-corrected chi connectivity index (χ0v) is 14.1. The summed E-state index contributed by atoms with van der Waals surface area (Å²) in [6, 6.07) is 4.41. The maximum Gasteiger partial charge on any atom is 0.117 e. The Kier molecular flexibility index (Phi) is 4.48. The normalized spacial score (nSPS) is 28.1. The van der Waals surface area contributed by atoms with Gasteiger partial charge in [0.15, 0.2) is 0 Å². The van der Waals surface area contributed by atoms with Crippen LogP contribution in [0, 0.1) is 6.92 Å². The van der Waals surface area contributed by atoms with E-state index in [4.69, 9.17) is 13.9 Å². The minimum atomic E-state index is 0.165. The second kappa shape index (κ2) is 6.73. The Labute approximate surface area is 140 Å². The van der Waals surface area contributed by atoms with Gasteiger partial charge in [-0.2, -0.15) is 0 Å². The molecule has 2 aliphatic rings. The molecule has 0 aromatic carbocycles. The second-order valence-electron chi connectivity index (χ2n) is 6.24. The van der Waals surface area contributed by atoms with Gasteiger partial charge in [-0.05, 0) is 31.9 Å². The van der Waals surface area contributed by atoms with E-state index in [2.05, 4.69) is 15.3 Å². The molecule has 1 aliphatic carbocycles. The van der Waals surface area contributed by atoms with E-state index in [0.29, 0.717) is 12.6 Å². The van der Waals surface area contributed by atoms with E-state index in [1.54, 1.807) is 17.6 Å². The number of rotatable bonds is 5. The topological polar surface area (TPSA) is 47.7 Å². The molecule has 2 aromatic rings. The van der Waals surface area contributed by atoms with Crippen LogP contribution in [0.3, 0.4) is 0 Å². The van der Waals surface area contributed by atoms with Crippen molar-refractivity contribution in [1.29, 1.82) is 0 Å². The van der Waals surface area contributed by atoms with E-state index in [1.807, 2.05) is 19.1 Å². The predicted molar refractivity (Wildman–Crippen MR) is 87.3 cm³/mol. The van der Waals surface area contributed by atoms with Crippen LogP contribution >= 0.6 is 11.3 Å². The third-order valence-electron chi connectivity index (χ3n) is 4.70. The smallest absolute Gasteiger partial charge is 0.117 e. The molecule has 0 N–H and O–H groups in total. The van der Waals surface area contributed by atoms with Crippen molar-refractivity contribution in [2.45, 2.75) is 51.2 Å². The fraction of sp³-hybridized carbons (Fsp3) is 0.588. The Hall–Kier alpha value is -1.21. The molecule has 0 radical (unpaired) electrons. The molecular weight excluding hydrogens is 312 g/mol. The molecule has 0 amide bonds. The average molecular weight is 334 g/mol. The molecule has 2 aromatic heterocycles. The van der Waals surface area contributed by atoms with Gasteiger partial charge in [-0.1, -0.05) is 0 Å². The maximum absolute atomic E-state index is 6.12. The van der Waals surface area contributed by atoms with Crippen molar-refractivity contribution >= 4 is 11.3 Å². The molecule has 3 heterocycles. The van der Waals surface area contributed by atoms with Gasteiger partial charge in [0.05, 0.1) is 48.9 Å². The summed E-state index contributed by atoms with van der Waals surface area (Å²) in [6.07, 6.45) is 4.24. The SMILES string of the molecule is Cc1nc(CO[C@@H]2CC[C@H]3[C@H]2OCCN3Cc2ccco2)cs1. The first kappa shape index (κ1) is 15.3. The molecule has 124 valence electrons. The largest absolute Gasteiger partial charge is 0.468 e. The second-order valence-corrected chi connectivity index (χ2v) is 7.30. The molecule has 2 fully saturated rings. The van der Waals surface area contributed by atoms with Crippen LogP contribution in [0.15, 0.2) is 28.2 Å². The molecule has 4 rings (SSSR count). The summed E-state index contributed by atoms with van der Waals surface area (Å²) in [5, 5.41) is 3.17. The van der Waals surface area contributed by atoms with Crippen LogP contribution in [-0.4, -0.2) is 41.3 Å². The lowest BCUT2D eigenvalue weighted by Crippen LogP contribution is -2.51. The van der Waals surface area contributed by atoms with Crippen molar-refractivity contribution in [1.82, 2.24) is 9.88 Å². The summed E-state index contributed by atoms with van der Waals surface area (Å²) in [7, 11) is 0. The van der Waals surface area contributed by atoms with E-state index < -0.39 is 0 Å². The predicted octanol–water partition coefficient (Wildman–Crippen LogP) is 2.99. The maximum atomic E-state index is 6.12. The molecule has 6 heteroatoms. The zero-order valence-electron chi connectivity index (χ0n) is 13.3. The summed E-state index contributed by atoms with van der Waals surface area (Å²) in [5.41, 5.74) is 1.03. The Morgan fingerprint density at radius 3 is 3.17 bits per heavy atom. The molecule has 1 aliphatic heterocycles. The third kappa shape index (κ3) is 3.35. The van der Waals surface area contributed by atoms with Crippen LogP contribution in [-0.2, 0) is 22.6 Å². The number of ether oxygens (including phenoxy) is 2. The zero-order chi connectivity index (χ0) is 15.6. The first-order valence-electron chi connectivity index (χ1n) is 8.20. The van der Waals surface area contributed by atoms with Crippen molar-refractivity contribution in [2.75, 3.05) is 13.2 Å². The first-order chi connectivity index (χ1) is 11.3. The van der Waals surface area contributed by atoms with Gasteiger partial charge in [0.1, 0.15) is 5.76 Å². The van der Waals surface area contributed by atoms with Crippen LogP contribution in [0.2, 0.25) is 0 Å². The van der Waals surface area contributed by atoms with Crippen molar-refractivity contribution < 1.29 is 13.9 Å². The van der Waals surface area contributed by atoms with Gasteiger partial charge in [-0.3, -0.25) is 4.90 Å². The lowest BCUT2D eigenvalue weighted by Gasteiger charge is -2.38. The fourth-order valence-electron chi connectivity index (χ4n) is 3.64. The number of thiazole rings is 1. The van der Waals surface area contributed by atoms with Crippen molar-refractivity contribution in [3.8, 4) is 0 Å². The number of fused-ring (bicyclic) bond motifs is 1. The summed E-state index contributed by atoms with van der Waals surface area (Å²) in [5.74, 6) is 1.02. The standard InChI is InChI=1S/C17H22N2O3S/c1-12-18-13(11-23-12)10-22-16-5-4-15-17(16)21-8-6-19(15)9-14-3-2-7-20-14/h2-3,7,11,15-17H,4-6,8-10H2,1H3/t15-,16+,17+/m0/s1. The first-order valence-corrected chi connectivity index (χ1v) is 9.08. The fourth-order valence-corrected chi connectivity index (χ4v) is 4.23. The van der Waals surface area contributed by atoms with Crippen LogP contribution < -0.4 is 0 Å². The van der Waals surface area contributed by atoms with E-state index in [-0.39, 0.29) is 12.2 Å². The Balaban J connectivity index is 1.36. The van der Waals surface area contributed by atoms with Crippen LogP contribution in [0.4, 0.5) is 0 Å². The molecule has 5 nitrogen and oxygen atoms in total. The molecule has 1 saturated carbocycles. The quantitative estimate of drug-likeness (QED) is 0.841. The monoisotopic (exact) mass is 334 g/mol. The highest BCUT2D eigenvalue weighted by Gasteiger charge is 2.43. The van der Waals surface area contributed by atoms with Crippen LogP contribution in [0.25, 0.3) is 0 Å². The molecule has 23 heavy (non-hydrogen) atoms. The lowest BCUT2D eigenvalue weighted by molar-refractivity contribution is -0.119. The van der Waals surface area contributed by atoms with Gasteiger partial charge >= 0.3 is 0 Å². The van der Waals surface area contributed by atoms with Gasteiger partial charge in [0.25, 0.3) is 0 Å². The summed E-state index contributed by atoms with van der Waals surface area (Å²) < 4.78 is 17.7. The number of aryl methyl sites for hydroxylation is 1. The Bertz CT molecular complexity index is 628. The van der Waals surface area contributed by atoms with Crippen LogP contribution in [0.1, 0.15) is 29.3 Å². The van der Waals surface area contributed by atoms with E-state index >= 15 is 0 Å². The summed E-state index contributed by atoms with van der Waals surface area (Å²) >= 11 is 1.67. The highest BCUT2D eigenvalue weighted by atomic mass is 32.1. The van der Waals surface area contributed by atoms with E-state index in [9.17, 15) is 0 Å². The Morgan fingerprint density at radius 2 is 2.39 bits per heavy atom. The highest BCUT2D eigenvalue weighted by molar-refractivity contribution is 7.09. The highest BCUT2D eigenvalue weighted by Crippen LogP contribution is 2.33. The van der Waals surface area contributed by atoms with Crippen molar-refractivity contribution in [3.05, 3.63) is 40.2 Å². The van der Waals surface area contributed by atoms with Gasteiger partial charge in [0.2, 0.25) is 0 Å². The molecule has 0 unspecified atom stereocenters. The van der Waals surface area contributed by atoms with E-state index in [0.717, 1.165) is 49.0 Å². The van der Waals surface area contributed by atoms with Crippen LogP contribution in [0.5, 0.6) is 0 Å². The molecule has 0 spiro atoms. The molecular formula is C17H22N2O3S. The summed E-state index contributed by atoms with van der Waals surface area (Å²) in [4.78, 5) is 6.95. The minimum absolute atomic E-state index is 0.165. The molecule has 1 saturated heterocycles. The average Bonchev–Trinajstić information content (AvgIpc) is 3.27. The van der Waals surface area contributed by atoms with Gasteiger partial charge < -0.3 is 13.9 Å². The van der Waals surface area contributed by atoms with Gasteiger partial charge in [0, 0.05) is 18.0 Å². The Morgan fingerprint density at radius 1 is 1.43 bits per heavy atom. The number of aromatic nitrogens is 1. The van der Waals surface area contributed by atoms with Gasteiger partial charge in [-0.15, -0.1) is 11.3 Å². The summed E-state index contributed by atoms with van der Waals surface area (Å²) in [6.45, 7) is 5.18. The lowest BCUT2D eigenvalue weighted by atomic mass is 10.1. The van der Waals surface area contributed by atoms with E-state index in [1.165, 1.54) is 0 Å². The number of morpholine rings is 1. The minimum Gasteiger partial charge on any atom is -0.468 e. The number of hydrogen-bond donors (Lipinski definition) is 0. The van der Waals surface area contributed by atoms with Gasteiger partial charge in [-0.25, -0.2) is 4.98 Å².